The molecule has 0 N–H and O–H groups in total. The monoisotopic (exact) mass is 373 g/mol. The van der Waals surface area contributed by atoms with Gasteiger partial charge in [0.2, 0.25) is 0 Å². The Morgan fingerprint density at radius 1 is 1.23 bits per heavy atom. The zero-order valence-corrected chi connectivity index (χ0v) is 15.3. The molecular formula is C18H20ClN5O2. The lowest BCUT2D eigenvalue weighted by Crippen LogP contribution is -2.56. The molecule has 0 saturated carbocycles. The van der Waals surface area contributed by atoms with Gasteiger partial charge >= 0.3 is 6.03 Å². The third-order valence-electron chi connectivity index (χ3n) is 4.74. The van der Waals surface area contributed by atoms with E-state index in [9.17, 15) is 4.79 Å². The highest BCUT2D eigenvalue weighted by Gasteiger charge is 2.34. The molecular weight excluding hydrogens is 354 g/mol. The second-order valence-corrected chi connectivity index (χ2v) is 6.92. The van der Waals surface area contributed by atoms with Crippen LogP contribution in [0, 0.1) is 0 Å². The number of halogens is 1. The van der Waals surface area contributed by atoms with Crippen molar-refractivity contribution in [3.05, 3.63) is 41.6 Å². The van der Waals surface area contributed by atoms with Crippen LogP contribution in [0.4, 0.5) is 16.3 Å². The molecule has 1 atom stereocenters. The zero-order chi connectivity index (χ0) is 18.1. The van der Waals surface area contributed by atoms with Crippen LogP contribution in [0.25, 0.3) is 0 Å². The lowest BCUT2D eigenvalue weighted by molar-refractivity contribution is 0.190. The molecule has 2 aromatic rings. The molecule has 0 bridgehead atoms. The number of ether oxygens (including phenoxy) is 1. The van der Waals surface area contributed by atoms with Crippen LogP contribution in [0.2, 0.25) is 5.02 Å². The molecule has 1 fully saturated rings. The van der Waals surface area contributed by atoms with Crippen LogP contribution in [-0.2, 0) is 0 Å². The first-order valence-electron chi connectivity index (χ1n) is 8.66. The van der Waals surface area contributed by atoms with E-state index in [1.807, 2.05) is 34.9 Å². The highest BCUT2D eigenvalue weighted by Crippen LogP contribution is 2.36. The molecule has 0 spiro atoms. The summed E-state index contributed by atoms with van der Waals surface area (Å²) in [5, 5.41) is 8.67. The van der Waals surface area contributed by atoms with Crippen molar-refractivity contribution in [2.24, 2.45) is 0 Å². The molecule has 0 aliphatic carbocycles. The first kappa shape index (κ1) is 16.9. The van der Waals surface area contributed by atoms with E-state index in [0.29, 0.717) is 30.5 Å². The SMILES string of the molecule is C[C@H]1COc2cc(Cl)ccc2N1C(=O)N1CCN(c2cccnn2)CC1. The second-order valence-electron chi connectivity index (χ2n) is 6.48. The van der Waals surface area contributed by atoms with Crippen LogP contribution in [0.1, 0.15) is 6.92 Å². The Balaban J connectivity index is 1.49. The topological polar surface area (TPSA) is 61.8 Å². The molecule has 1 aromatic heterocycles. The summed E-state index contributed by atoms with van der Waals surface area (Å²) in [4.78, 5) is 19.0. The Labute approximate surface area is 157 Å². The number of nitrogens with zero attached hydrogens (tertiary/aromatic N) is 5. The number of carbonyl (C=O) groups excluding carboxylic acids is 1. The minimum atomic E-state index is -0.0332. The number of rotatable bonds is 1. The third kappa shape index (κ3) is 3.14. The molecule has 3 heterocycles. The Kier molecular flexibility index (Phi) is 4.55. The van der Waals surface area contributed by atoms with E-state index in [0.717, 1.165) is 24.6 Å². The summed E-state index contributed by atoms with van der Waals surface area (Å²) in [6, 6.07) is 9.17. The Morgan fingerprint density at radius 2 is 2.04 bits per heavy atom. The summed E-state index contributed by atoms with van der Waals surface area (Å²) in [7, 11) is 0. The van der Waals surface area contributed by atoms with Gasteiger partial charge in [-0.15, -0.1) is 5.10 Å². The molecule has 2 aliphatic heterocycles. The first-order valence-corrected chi connectivity index (χ1v) is 9.04. The number of hydrogen-bond acceptors (Lipinski definition) is 5. The smallest absolute Gasteiger partial charge is 0.325 e. The predicted molar refractivity (Wildman–Crippen MR) is 100 cm³/mol. The molecule has 7 nitrogen and oxygen atoms in total. The average molecular weight is 374 g/mol. The van der Waals surface area contributed by atoms with Gasteiger partial charge in [0.15, 0.2) is 5.82 Å². The Morgan fingerprint density at radius 3 is 2.77 bits per heavy atom. The molecule has 1 saturated heterocycles. The fraction of sp³-hybridized carbons (Fsp3) is 0.389. The number of anilines is 2. The Bertz CT molecular complexity index is 795. The minimum Gasteiger partial charge on any atom is -0.489 e. The normalized spacial score (nSPS) is 19.8. The van der Waals surface area contributed by atoms with Gasteiger partial charge in [0.25, 0.3) is 0 Å². The molecule has 8 heteroatoms. The van der Waals surface area contributed by atoms with E-state index in [1.54, 1.807) is 18.3 Å². The van der Waals surface area contributed by atoms with Gasteiger partial charge in [0.1, 0.15) is 12.4 Å². The van der Waals surface area contributed by atoms with Gasteiger partial charge in [-0.1, -0.05) is 11.6 Å². The van der Waals surface area contributed by atoms with Gasteiger partial charge in [-0.2, -0.15) is 5.10 Å². The summed E-state index contributed by atoms with van der Waals surface area (Å²) in [5.41, 5.74) is 0.773. The molecule has 1 aromatic carbocycles. The molecule has 26 heavy (non-hydrogen) atoms. The van der Waals surface area contributed by atoms with Crippen LogP contribution >= 0.6 is 11.6 Å². The summed E-state index contributed by atoms with van der Waals surface area (Å²) in [6.07, 6.45) is 1.66. The van der Waals surface area contributed by atoms with Crippen molar-refractivity contribution in [1.29, 1.82) is 0 Å². The summed E-state index contributed by atoms with van der Waals surface area (Å²) >= 11 is 6.05. The van der Waals surface area contributed by atoms with Gasteiger partial charge < -0.3 is 14.5 Å². The minimum absolute atomic E-state index is 0.00293. The predicted octanol–water partition coefficient (Wildman–Crippen LogP) is 2.66. The standard InChI is InChI=1S/C18H20ClN5O2/c1-13-12-26-16-11-14(19)4-5-15(16)24(13)18(25)23-9-7-22(8-10-23)17-3-2-6-20-21-17/h2-6,11,13H,7-10,12H2,1H3/t13-/m0/s1. The van der Waals surface area contributed by atoms with Crippen LogP contribution in [0.5, 0.6) is 5.75 Å². The summed E-state index contributed by atoms with van der Waals surface area (Å²) in [5.74, 6) is 1.50. The first-order chi connectivity index (χ1) is 12.6. The number of fused-ring (bicyclic) bond motifs is 1. The van der Waals surface area contributed by atoms with Crippen LogP contribution in [-0.4, -0.2) is 60.0 Å². The lowest BCUT2D eigenvalue weighted by atomic mass is 10.1. The lowest BCUT2D eigenvalue weighted by Gasteiger charge is -2.41. The van der Waals surface area contributed by atoms with Gasteiger partial charge in [0.05, 0.1) is 11.7 Å². The highest BCUT2D eigenvalue weighted by molar-refractivity contribution is 6.30. The Hall–Kier alpha value is -2.54. The number of carbonyl (C=O) groups is 1. The van der Waals surface area contributed by atoms with E-state index >= 15 is 0 Å². The number of aromatic nitrogens is 2. The van der Waals surface area contributed by atoms with Gasteiger partial charge in [-0.05, 0) is 31.2 Å². The van der Waals surface area contributed by atoms with E-state index in [2.05, 4.69) is 15.1 Å². The van der Waals surface area contributed by atoms with E-state index in [-0.39, 0.29) is 12.1 Å². The number of urea groups is 1. The fourth-order valence-electron chi connectivity index (χ4n) is 3.36. The van der Waals surface area contributed by atoms with Crippen molar-refractivity contribution in [2.45, 2.75) is 13.0 Å². The second kappa shape index (κ2) is 6.99. The zero-order valence-electron chi connectivity index (χ0n) is 14.5. The number of benzene rings is 1. The third-order valence-corrected chi connectivity index (χ3v) is 4.98. The van der Waals surface area contributed by atoms with Gasteiger partial charge in [-0.3, -0.25) is 4.90 Å². The van der Waals surface area contributed by atoms with Crippen LogP contribution < -0.4 is 14.5 Å². The number of hydrogen-bond donors (Lipinski definition) is 0. The number of piperazine rings is 1. The molecule has 2 amide bonds. The van der Waals surface area contributed by atoms with Crippen LogP contribution in [0.15, 0.2) is 36.5 Å². The summed E-state index contributed by atoms with van der Waals surface area (Å²) < 4.78 is 5.74. The van der Waals surface area contributed by atoms with Crippen molar-refractivity contribution in [2.75, 3.05) is 42.6 Å². The van der Waals surface area contributed by atoms with E-state index in [4.69, 9.17) is 16.3 Å². The molecule has 4 rings (SSSR count). The molecule has 136 valence electrons. The maximum absolute atomic E-state index is 13.2. The van der Waals surface area contributed by atoms with Crippen molar-refractivity contribution in [3.8, 4) is 5.75 Å². The maximum Gasteiger partial charge on any atom is 0.325 e. The summed E-state index contributed by atoms with van der Waals surface area (Å²) in [6.45, 7) is 5.20. The van der Waals surface area contributed by atoms with Gasteiger partial charge in [-0.25, -0.2) is 4.79 Å². The molecule has 0 radical (unpaired) electrons. The molecule has 2 aliphatic rings. The van der Waals surface area contributed by atoms with E-state index < -0.39 is 0 Å². The van der Waals surface area contributed by atoms with E-state index in [1.165, 1.54) is 0 Å². The number of amides is 2. The van der Waals surface area contributed by atoms with Crippen molar-refractivity contribution >= 4 is 29.1 Å². The average Bonchev–Trinajstić information content (AvgIpc) is 2.68. The van der Waals surface area contributed by atoms with Crippen molar-refractivity contribution in [1.82, 2.24) is 15.1 Å². The fourth-order valence-corrected chi connectivity index (χ4v) is 3.52. The van der Waals surface area contributed by atoms with Crippen LogP contribution in [0.3, 0.4) is 0 Å². The highest BCUT2D eigenvalue weighted by atomic mass is 35.5. The van der Waals surface area contributed by atoms with Crippen molar-refractivity contribution < 1.29 is 9.53 Å². The largest absolute Gasteiger partial charge is 0.489 e. The molecule has 0 unspecified atom stereocenters. The van der Waals surface area contributed by atoms with Gasteiger partial charge in [0, 0.05) is 43.5 Å². The van der Waals surface area contributed by atoms with Crippen molar-refractivity contribution in [3.63, 3.8) is 0 Å². The quantitative estimate of drug-likeness (QED) is 0.769. The maximum atomic E-state index is 13.2.